The summed E-state index contributed by atoms with van der Waals surface area (Å²) in [6, 6.07) is 8.35. The molecule has 0 aliphatic carbocycles. The van der Waals surface area contributed by atoms with Gasteiger partial charge in [0.1, 0.15) is 12.4 Å². The number of carbonyl (C=O) groups excluding carboxylic acids is 1. The molecule has 1 aliphatic heterocycles. The molecule has 0 aromatic heterocycles. The summed E-state index contributed by atoms with van der Waals surface area (Å²) in [6.07, 6.45) is 1.94. The molecular weight excluding hydrogens is 240 g/mol. The zero-order valence-corrected chi connectivity index (χ0v) is 11.6. The molecule has 0 radical (unpaired) electrons. The summed E-state index contributed by atoms with van der Waals surface area (Å²) in [4.78, 5) is 11.8. The van der Waals surface area contributed by atoms with Crippen LogP contribution in [0.1, 0.15) is 38.3 Å². The third-order valence-corrected chi connectivity index (χ3v) is 3.56. The predicted octanol–water partition coefficient (Wildman–Crippen LogP) is 2.01. The van der Waals surface area contributed by atoms with Crippen molar-refractivity contribution in [1.29, 1.82) is 0 Å². The van der Waals surface area contributed by atoms with Crippen LogP contribution in [0.3, 0.4) is 0 Å². The van der Waals surface area contributed by atoms with Gasteiger partial charge < -0.3 is 10.1 Å². The molecular formula is C15H22N2O2. The van der Waals surface area contributed by atoms with Gasteiger partial charge in [-0.1, -0.05) is 32.0 Å². The lowest BCUT2D eigenvalue weighted by Gasteiger charge is -2.16. The normalized spacial score (nSPS) is 17.1. The maximum Gasteiger partial charge on any atom is 0.234 e. The highest BCUT2D eigenvalue weighted by atomic mass is 16.5. The summed E-state index contributed by atoms with van der Waals surface area (Å²) in [5.74, 6) is 0.971. The van der Waals surface area contributed by atoms with Crippen molar-refractivity contribution >= 4 is 5.91 Å². The number of carbonyl (C=O) groups is 1. The van der Waals surface area contributed by atoms with Crippen molar-refractivity contribution in [2.75, 3.05) is 13.2 Å². The maximum atomic E-state index is 11.8. The second-order valence-electron chi connectivity index (χ2n) is 4.86. The van der Waals surface area contributed by atoms with Crippen LogP contribution in [0.25, 0.3) is 0 Å². The molecule has 2 rings (SSSR count). The van der Waals surface area contributed by atoms with E-state index in [-0.39, 0.29) is 18.0 Å². The Hall–Kier alpha value is -1.55. The average Bonchev–Trinajstić information content (AvgIpc) is 2.86. The third-order valence-electron chi connectivity index (χ3n) is 3.56. The smallest absolute Gasteiger partial charge is 0.234 e. The molecule has 2 N–H and O–H groups in total. The number of ether oxygens (including phenoxy) is 1. The highest BCUT2D eigenvalue weighted by Gasteiger charge is 2.23. The first-order valence-electron chi connectivity index (χ1n) is 6.99. The van der Waals surface area contributed by atoms with Gasteiger partial charge >= 0.3 is 0 Å². The molecule has 1 aliphatic rings. The van der Waals surface area contributed by atoms with Crippen molar-refractivity contribution in [3.05, 3.63) is 29.8 Å². The molecule has 19 heavy (non-hydrogen) atoms. The SMILES string of the molecule is CCC(CC)NC(=O)CNC1COc2ccccc21. The number of rotatable bonds is 6. The minimum absolute atomic E-state index is 0.0538. The van der Waals surface area contributed by atoms with E-state index in [9.17, 15) is 4.79 Å². The highest BCUT2D eigenvalue weighted by molar-refractivity contribution is 5.78. The number of amides is 1. The quantitative estimate of drug-likeness (QED) is 0.824. The molecule has 1 unspecified atom stereocenters. The molecule has 0 saturated carbocycles. The van der Waals surface area contributed by atoms with Gasteiger partial charge in [0, 0.05) is 11.6 Å². The Morgan fingerprint density at radius 2 is 2.11 bits per heavy atom. The van der Waals surface area contributed by atoms with E-state index in [1.807, 2.05) is 24.3 Å². The molecule has 1 heterocycles. The fraction of sp³-hybridized carbons (Fsp3) is 0.533. The van der Waals surface area contributed by atoms with Gasteiger partial charge in [0.15, 0.2) is 0 Å². The summed E-state index contributed by atoms with van der Waals surface area (Å²) >= 11 is 0. The van der Waals surface area contributed by atoms with Gasteiger partial charge in [0.2, 0.25) is 5.91 Å². The van der Waals surface area contributed by atoms with E-state index in [1.54, 1.807) is 0 Å². The molecule has 1 amide bonds. The fourth-order valence-electron chi connectivity index (χ4n) is 2.32. The van der Waals surface area contributed by atoms with Crippen molar-refractivity contribution in [2.45, 2.75) is 38.8 Å². The Kier molecular flexibility index (Phi) is 4.80. The third kappa shape index (κ3) is 3.47. The number of hydrogen-bond donors (Lipinski definition) is 2. The summed E-state index contributed by atoms with van der Waals surface area (Å²) in [5, 5.41) is 6.28. The zero-order chi connectivity index (χ0) is 13.7. The van der Waals surface area contributed by atoms with Gasteiger partial charge in [-0.25, -0.2) is 0 Å². The van der Waals surface area contributed by atoms with E-state index in [1.165, 1.54) is 0 Å². The van der Waals surface area contributed by atoms with Crippen molar-refractivity contribution in [2.24, 2.45) is 0 Å². The van der Waals surface area contributed by atoms with Crippen LogP contribution in [-0.4, -0.2) is 25.1 Å². The summed E-state index contributed by atoms with van der Waals surface area (Å²) < 4.78 is 5.57. The van der Waals surface area contributed by atoms with Crippen LogP contribution in [0.5, 0.6) is 5.75 Å². The second kappa shape index (κ2) is 6.57. The van der Waals surface area contributed by atoms with Crippen molar-refractivity contribution in [3.63, 3.8) is 0 Å². The van der Waals surface area contributed by atoms with Gasteiger partial charge in [0.25, 0.3) is 0 Å². The number of hydrogen-bond acceptors (Lipinski definition) is 3. The van der Waals surface area contributed by atoms with E-state index >= 15 is 0 Å². The first-order valence-corrected chi connectivity index (χ1v) is 6.99. The first-order chi connectivity index (χ1) is 9.24. The van der Waals surface area contributed by atoms with Crippen LogP contribution >= 0.6 is 0 Å². The first kappa shape index (κ1) is 13.9. The lowest BCUT2D eigenvalue weighted by atomic mass is 10.1. The number of nitrogens with one attached hydrogen (secondary N) is 2. The molecule has 0 bridgehead atoms. The molecule has 4 heteroatoms. The zero-order valence-electron chi connectivity index (χ0n) is 11.6. The Labute approximate surface area is 114 Å². The van der Waals surface area contributed by atoms with Crippen molar-refractivity contribution in [1.82, 2.24) is 10.6 Å². The van der Waals surface area contributed by atoms with Gasteiger partial charge in [0.05, 0.1) is 12.6 Å². The Morgan fingerprint density at radius 3 is 2.84 bits per heavy atom. The van der Waals surface area contributed by atoms with Crippen LogP contribution < -0.4 is 15.4 Å². The van der Waals surface area contributed by atoms with Crippen LogP contribution in [-0.2, 0) is 4.79 Å². The highest BCUT2D eigenvalue weighted by Crippen LogP contribution is 2.31. The van der Waals surface area contributed by atoms with E-state index in [0.717, 1.165) is 24.2 Å². The number of fused-ring (bicyclic) bond motifs is 1. The number of benzene rings is 1. The molecule has 0 fully saturated rings. The Balaban J connectivity index is 1.82. The largest absolute Gasteiger partial charge is 0.491 e. The molecule has 104 valence electrons. The van der Waals surface area contributed by atoms with Crippen molar-refractivity contribution < 1.29 is 9.53 Å². The predicted molar refractivity (Wildman–Crippen MR) is 75.2 cm³/mol. The van der Waals surface area contributed by atoms with E-state index in [0.29, 0.717) is 13.2 Å². The van der Waals surface area contributed by atoms with Crippen LogP contribution in [0, 0.1) is 0 Å². The van der Waals surface area contributed by atoms with E-state index < -0.39 is 0 Å². The Morgan fingerprint density at radius 1 is 1.37 bits per heavy atom. The van der Waals surface area contributed by atoms with Gasteiger partial charge in [-0.2, -0.15) is 0 Å². The second-order valence-corrected chi connectivity index (χ2v) is 4.86. The molecule has 0 saturated heterocycles. The monoisotopic (exact) mass is 262 g/mol. The lowest BCUT2D eigenvalue weighted by Crippen LogP contribution is -2.41. The number of para-hydroxylation sites is 1. The van der Waals surface area contributed by atoms with Crippen molar-refractivity contribution in [3.8, 4) is 5.75 Å². The topological polar surface area (TPSA) is 50.4 Å². The van der Waals surface area contributed by atoms with Crippen LogP contribution in [0.15, 0.2) is 24.3 Å². The minimum atomic E-state index is 0.0538. The van der Waals surface area contributed by atoms with E-state index in [2.05, 4.69) is 24.5 Å². The molecule has 1 atom stereocenters. The summed E-state index contributed by atoms with van der Waals surface area (Å²) in [7, 11) is 0. The average molecular weight is 262 g/mol. The Bertz CT molecular complexity index is 430. The summed E-state index contributed by atoms with van der Waals surface area (Å²) in [6.45, 7) is 5.10. The molecule has 0 spiro atoms. The van der Waals surface area contributed by atoms with Gasteiger partial charge in [-0.05, 0) is 18.9 Å². The molecule has 4 nitrogen and oxygen atoms in total. The molecule has 1 aromatic rings. The lowest BCUT2D eigenvalue weighted by molar-refractivity contribution is -0.121. The standard InChI is InChI=1S/C15H22N2O2/c1-3-11(4-2)17-15(18)9-16-13-10-19-14-8-6-5-7-12(13)14/h5-8,11,13,16H,3-4,9-10H2,1-2H3,(H,17,18). The van der Waals surface area contributed by atoms with Crippen LogP contribution in [0.2, 0.25) is 0 Å². The van der Waals surface area contributed by atoms with E-state index in [4.69, 9.17) is 4.74 Å². The van der Waals surface area contributed by atoms with Gasteiger partial charge in [-0.3, -0.25) is 10.1 Å². The van der Waals surface area contributed by atoms with Gasteiger partial charge in [-0.15, -0.1) is 0 Å². The molecule has 1 aromatic carbocycles. The fourth-order valence-corrected chi connectivity index (χ4v) is 2.32. The summed E-state index contributed by atoms with van der Waals surface area (Å²) in [5.41, 5.74) is 1.14. The maximum absolute atomic E-state index is 11.8. The minimum Gasteiger partial charge on any atom is -0.491 e. The van der Waals surface area contributed by atoms with Crippen LogP contribution in [0.4, 0.5) is 0 Å².